The van der Waals surface area contributed by atoms with Crippen LogP contribution in [-0.2, 0) is 21.4 Å². The van der Waals surface area contributed by atoms with E-state index in [1.165, 1.54) is 30.3 Å². The molecule has 39 heavy (non-hydrogen) atoms. The lowest BCUT2D eigenvalue weighted by Crippen LogP contribution is -2.27. The number of hydrogen-bond acceptors (Lipinski definition) is 7. The molecule has 10 nitrogen and oxygen atoms in total. The Hall–Kier alpha value is -4.03. The zero-order valence-electron chi connectivity index (χ0n) is 21.2. The van der Waals surface area contributed by atoms with Crippen LogP contribution in [0.25, 0.3) is 22.0 Å². The number of anilines is 1. The minimum absolute atomic E-state index is 0.00419. The molecule has 0 spiro atoms. The maximum Gasteiger partial charge on any atom is 0.263 e. The van der Waals surface area contributed by atoms with E-state index in [0.29, 0.717) is 28.6 Å². The maximum absolute atomic E-state index is 13.4. The van der Waals surface area contributed by atoms with Crippen LogP contribution in [0.2, 0.25) is 5.02 Å². The first-order chi connectivity index (χ1) is 18.5. The summed E-state index contributed by atoms with van der Waals surface area (Å²) in [5.41, 5.74) is 1.28. The third-order valence-corrected chi connectivity index (χ3v) is 7.80. The lowest BCUT2D eigenvalue weighted by molar-refractivity contribution is -0.121. The van der Waals surface area contributed by atoms with E-state index >= 15 is 0 Å². The number of rotatable bonds is 9. The van der Waals surface area contributed by atoms with Gasteiger partial charge in [0.25, 0.3) is 15.6 Å². The van der Waals surface area contributed by atoms with Crippen LogP contribution >= 0.6 is 11.6 Å². The zero-order chi connectivity index (χ0) is 28.3. The van der Waals surface area contributed by atoms with Gasteiger partial charge in [-0.15, -0.1) is 0 Å². The number of sulfonamides is 1. The van der Waals surface area contributed by atoms with Crippen molar-refractivity contribution in [2.75, 3.05) is 18.9 Å². The molecule has 1 atom stereocenters. The van der Waals surface area contributed by atoms with Gasteiger partial charge in [0.05, 0.1) is 29.4 Å². The maximum atomic E-state index is 13.4. The van der Waals surface area contributed by atoms with E-state index in [9.17, 15) is 22.4 Å². The monoisotopic (exact) mass is 573 g/mol. The topological polar surface area (TPSA) is 132 Å². The second kappa shape index (κ2) is 11.4. The molecule has 204 valence electrons. The molecule has 2 N–H and O–H groups in total. The number of carbonyl (C=O) groups excluding carboxylic acids is 1. The second-order valence-corrected chi connectivity index (χ2v) is 10.9. The van der Waals surface area contributed by atoms with E-state index in [1.54, 1.807) is 25.2 Å². The third kappa shape index (κ3) is 6.18. The number of pyridine rings is 1. The number of hydrogen-bond donors (Lipinski definition) is 2. The predicted octanol–water partition coefficient (Wildman–Crippen LogP) is 3.83. The van der Waals surface area contributed by atoms with Crippen LogP contribution < -0.4 is 20.3 Å². The van der Waals surface area contributed by atoms with Crippen molar-refractivity contribution in [2.24, 2.45) is 5.92 Å². The van der Waals surface area contributed by atoms with Crippen LogP contribution in [0.5, 0.6) is 5.88 Å². The fourth-order valence-corrected chi connectivity index (χ4v) is 5.61. The Labute approximate surface area is 228 Å². The Bertz CT molecular complexity index is 1730. The molecule has 2 aromatic heterocycles. The smallest absolute Gasteiger partial charge is 0.263 e. The average Bonchev–Trinajstić information content (AvgIpc) is 2.89. The molecule has 2 aromatic carbocycles. The molecule has 2 heterocycles. The molecule has 0 aliphatic heterocycles. The number of fused-ring (bicyclic) bond motifs is 1. The number of amides is 1. The van der Waals surface area contributed by atoms with Crippen LogP contribution in [0.4, 0.5) is 10.1 Å². The number of benzene rings is 2. The highest BCUT2D eigenvalue weighted by Crippen LogP contribution is 2.32. The van der Waals surface area contributed by atoms with E-state index in [4.69, 9.17) is 16.3 Å². The van der Waals surface area contributed by atoms with Crippen LogP contribution in [0.1, 0.15) is 13.3 Å². The van der Waals surface area contributed by atoms with Gasteiger partial charge < -0.3 is 10.1 Å². The number of aromatic nitrogens is 3. The molecule has 0 saturated carbocycles. The number of carbonyl (C=O) groups is 1. The summed E-state index contributed by atoms with van der Waals surface area (Å²) in [6.45, 7) is 2.18. The molecular weight excluding hydrogens is 549 g/mol. The van der Waals surface area contributed by atoms with Gasteiger partial charge in [-0.2, -0.15) is 0 Å². The summed E-state index contributed by atoms with van der Waals surface area (Å²) in [4.78, 5) is 33.2. The Morgan fingerprint density at radius 3 is 2.62 bits per heavy atom. The van der Waals surface area contributed by atoms with E-state index in [2.05, 4.69) is 20.0 Å². The molecule has 4 aromatic rings. The average molecular weight is 574 g/mol. The first kappa shape index (κ1) is 28.0. The number of ether oxygens (including phenoxy) is 1. The van der Waals surface area contributed by atoms with Gasteiger partial charge in [0.2, 0.25) is 11.8 Å². The lowest BCUT2D eigenvalue weighted by Gasteiger charge is -2.14. The minimum atomic E-state index is -4.22. The fraction of sp³-hybridized carbons (Fsp3) is 0.231. The standard InChI is InChI=1S/C26H25ClFN5O5S/c1-15(8-24(34)29-2)13-33-14-31-21-6-4-16(9-19(21)26(33)35)17-10-22(25(38-3)30-12-17)32-39(36,37)23-7-5-18(28)11-20(23)27/h4-7,9-12,14-15,32H,8,13H2,1-3H3,(H,29,34)/t15-/m1/s1. The summed E-state index contributed by atoms with van der Waals surface area (Å²) in [6, 6.07) is 9.49. The van der Waals surface area contributed by atoms with Gasteiger partial charge in [0, 0.05) is 31.8 Å². The molecule has 4 rings (SSSR count). The van der Waals surface area contributed by atoms with E-state index < -0.39 is 15.8 Å². The Kier molecular flexibility index (Phi) is 8.17. The first-order valence-electron chi connectivity index (χ1n) is 11.7. The highest BCUT2D eigenvalue weighted by Gasteiger charge is 2.21. The van der Waals surface area contributed by atoms with Gasteiger partial charge in [-0.05, 0) is 47.9 Å². The van der Waals surface area contributed by atoms with Gasteiger partial charge in [-0.25, -0.2) is 22.8 Å². The predicted molar refractivity (Wildman–Crippen MR) is 146 cm³/mol. The van der Waals surface area contributed by atoms with E-state index in [1.807, 2.05) is 6.92 Å². The highest BCUT2D eigenvalue weighted by molar-refractivity contribution is 7.92. The molecule has 0 unspecified atom stereocenters. The summed E-state index contributed by atoms with van der Waals surface area (Å²) in [5.74, 6) is -0.894. The largest absolute Gasteiger partial charge is 0.480 e. The van der Waals surface area contributed by atoms with Crippen molar-refractivity contribution in [3.8, 4) is 17.0 Å². The van der Waals surface area contributed by atoms with Crippen molar-refractivity contribution in [3.05, 3.63) is 76.2 Å². The Morgan fingerprint density at radius 1 is 1.15 bits per heavy atom. The molecule has 0 aliphatic rings. The summed E-state index contributed by atoms with van der Waals surface area (Å²) >= 11 is 5.96. The molecular formula is C26H25ClFN5O5S. The van der Waals surface area contributed by atoms with Crippen LogP contribution in [0, 0.1) is 11.7 Å². The molecule has 0 fully saturated rings. The Morgan fingerprint density at radius 2 is 1.92 bits per heavy atom. The molecule has 13 heteroatoms. The summed E-state index contributed by atoms with van der Waals surface area (Å²) in [5, 5.41) is 2.63. The van der Waals surface area contributed by atoms with Crippen molar-refractivity contribution >= 4 is 44.1 Å². The second-order valence-electron chi connectivity index (χ2n) is 8.88. The minimum Gasteiger partial charge on any atom is -0.480 e. The van der Waals surface area contributed by atoms with Crippen LogP contribution in [0.3, 0.4) is 0 Å². The zero-order valence-corrected chi connectivity index (χ0v) is 22.8. The van der Waals surface area contributed by atoms with Gasteiger partial charge in [-0.1, -0.05) is 24.6 Å². The van der Waals surface area contributed by atoms with Gasteiger partial charge in [0.15, 0.2) is 0 Å². The number of nitrogens with zero attached hydrogens (tertiary/aromatic N) is 3. The molecule has 0 saturated heterocycles. The van der Waals surface area contributed by atoms with E-state index in [-0.39, 0.29) is 45.3 Å². The highest BCUT2D eigenvalue weighted by atomic mass is 35.5. The fourth-order valence-electron chi connectivity index (χ4n) is 4.03. The quantitative estimate of drug-likeness (QED) is 0.311. The third-order valence-electron chi connectivity index (χ3n) is 5.95. The van der Waals surface area contributed by atoms with Crippen LogP contribution in [0.15, 0.2) is 64.7 Å². The van der Waals surface area contributed by atoms with Crippen molar-refractivity contribution < 1.29 is 22.3 Å². The van der Waals surface area contributed by atoms with Crippen molar-refractivity contribution in [3.63, 3.8) is 0 Å². The van der Waals surface area contributed by atoms with Gasteiger partial charge in [0.1, 0.15) is 16.4 Å². The van der Waals surface area contributed by atoms with Crippen molar-refractivity contribution in [1.29, 1.82) is 0 Å². The normalized spacial score (nSPS) is 12.2. The van der Waals surface area contributed by atoms with Gasteiger partial charge >= 0.3 is 0 Å². The van der Waals surface area contributed by atoms with Gasteiger partial charge in [-0.3, -0.25) is 18.9 Å². The molecule has 0 bridgehead atoms. The van der Waals surface area contributed by atoms with Crippen molar-refractivity contribution in [1.82, 2.24) is 19.9 Å². The summed E-state index contributed by atoms with van der Waals surface area (Å²) in [7, 11) is -1.33. The summed E-state index contributed by atoms with van der Waals surface area (Å²) < 4.78 is 48.5. The van der Waals surface area contributed by atoms with Crippen molar-refractivity contribution in [2.45, 2.75) is 24.8 Å². The molecule has 0 radical (unpaired) electrons. The summed E-state index contributed by atoms with van der Waals surface area (Å²) in [6.07, 6.45) is 3.19. The first-order valence-corrected chi connectivity index (χ1v) is 13.6. The lowest BCUT2D eigenvalue weighted by atomic mass is 10.0. The van der Waals surface area contributed by atoms with E-state index in [0.717, 1.165) is 18.2 Å². The molecule has 0 aliphatic carbocycles. The molecule has 1 amide bonds. The van der Waals surface area contributed by atoms with Crippen LogP contribution in [-0.4, -0.2) is 43.0 Å². The number of nitrogens with one attached hydrogen (secondary N) is 2. The number of methoxy groups -OCH3 is 1. The number of halogens is 2. The SMILES string of the molecule is CNC(=O)C[C@@H](C)Cn1cnc2ccc(-c3cnc(OC)c(NS(=O)(=O)c4ccc(F)cc4Cl)c3)cc2c1=O. The Balaban J connectivity index is 1.70.